The van der Waals surface area contributed by atoms with Crippen molar-refractivity contribution >= 4 is 22.9 Å². The molecule has 0 spiro atoms. The molecule has 3 rings (SSSR count). The Balaban J connectivity index is 1.86. The summed E-state index contributed by atoms with van der Waals surface area (Å²) in [5.74, 6) is -1.15. The van der Waals surface area contributed by atoms with E-state index in [1.54, 1.807) is 11.9 Å². The van der Waals surface area contributed by atoms with Gasteiger partial charge in [-0.25, -0.2) is 4.79 Å². The van der Waals surface area contributed by atoms with Crippen LogP contribution >= 0.6 is 0 Å². The molecule has 1 aliphatic rings. The Bertz CT molecular complexity index is 895. The standard InChI is InChI=1S/C18H23N3O4/c1-12(2)18(16(23)24)8-9-20(11-18)15(22)10-21-14-7-5-4-6-13(14)19(3)17(21)25/h4-7,12H,8-11H2,1-3H3,(H,23,24). The van der Waals surface area contributed by atoms with Gasteiger partial charge in [-0.05, 0) is 24.5 Å². The molecule has 1 unspecified atom stereocenters. The number of amides is 1. The van der Waals surface area contributed by atoms with E-state index in [2.05, 4.69) is 0 Å². The number of rotatable bonds is 4. The molecule has 0 bridgehead atoms. The van der Waals surface area contributed by atoms with Gasteiger partial charge in [0.15, 0.2) is 0 Å². The average Bonchev–Trinajstić information content (AvgIpc) is 3.13. The first kappa shape index (κ1) is 17.3. The van der Waals surface area contributed by atoms with E-state index in [1.807, 2.05) is 38.1 Å². The number of aromatic nitrogens is 2. The van der Waals surface area contributed by atoms with Gasteiger partial charge in [-0.15, -0.1) is 0 Å². The molecule has 134 valence electrons. The molecule has 0 aliphatic carbocycles. The number of imidazole rings is 1. The fraction of sp³-hybridized carbons (Fsp3) is 0.500. The number of carbonyl (C=O) groups excluding carboxylic acids is 1. The van der Waals surface area contributed by atoms with Gasteiger partial charge >= 0.3 is 11.7 Å². The summed E-state index contributed by atoms with van der Waals surface area (Å²) in [4.78, 5) is 38.5. The third kappa shape index (κ3) is 2.63. The van der Waals surface area contributed by atoms with Gasteiger partial charge in [0.05, 0.1) is 16.4 Å². The molecular weight excluding hydrogens is 322 g/mol. The molecule has 0 saturated carbocycles. The van der Waals surface area contributed by atoms with Crippen molar-refractivity contribution in [3.8, 4) is 0 Å². The van der Waals surface area contributed by atoms with Crippen LogP contribution in [-0.2, 0) is 23.2 Å². The summed E-state index contributed by atoms with van der Waals surface area (Å²) in [6.45, 7) is 4.27. The second-order valence-corrected chi connectivity index (χ2v) is 7.10. The number of nitrogens with zero attached hydrogens (tertiary/aromatic N) is 3. The molecule has 1 amide bonds. The minimum atomic E-state index is -0.903. The van der Waals surface area contributed by atoms with Crippen LogP contribution in [0.15, 0.2) is 29.1 Å². The predicted molar refractivity (Wildman–Crippen MR) is 93.3 cm³/mol. The lowest BCUT2D eigenvalue weighted by Gasteiger charge is -2.28. The monoisotopic (exact) mass is 345 g/mol. The third-order valence-corrected chi connectivity index (χ3v) is 5.53. The molecule has 1 fully saturated rings. The highest BCUT2D eigenvalue weighted by Gasteiger charge is 2.48. The Kier molecular flexibility index (Phi) is 4.18. The zero-order valence-electron chi connectivity index (χ0n) is 14.7. The first-order chi connectivity index (χ1) is 11.8. The highest BCUT2D eigenvalue weighted by Crippen LogP contribution is 2.38. The van der Waals surface area contributed by atoms with Gasteiger partial charge in [-0.2, -0.15) is 0 Å². The average molecular weight is 345 g/mol. The number of aliphatic carboxylic acids is 1. The summed E-state index contributed by atoms with van der Waals surface area (Å²) >= 11 is 0. The van der Waals surface area contributed by atoms with Crippen LogP contribution < -0.4 is 5.69 Å². The number of aryl methyl sites for hydroxylation is 1. The summed E-state index contributed by atoms with van der Waals surface area (Å²) < 4.78 is 2.97. The van der Waals surface area contributed by atoms with Crippen LogP contribution in [0.1, 0.15) is 20.3 Å². The largest absolute Gasteiger partial charge is 0.481 e. The minimum absolute atomic E-state index is 0.0666. The molecule has 1 atom stereocenters. The molecule has 2 aromatic rings. The molecule has 1 N–H and O–H groups in total. The number of carboxylic acids is 1. The van der Waals surface area contributed by atoms with Gasteiger partial charge in [-0.3, -0.25) is 18.7 Å². The normalized spacial score (nSPS) is 20.6. The number of likely N-dealkylation sites (tertiary alicyclic amines) is 1. The first-order valence-electron chi connectivity index (χ1n) is 8.43. The lowest BCUT2D eigenvalue weighted by Crippen LogP contribution is -2.42. The summed E-state index contributed by atoms with van der Waals surface area (Å²) in [6.07, 6.45) is 0.441. The molecule has 1 aliphatic heterocycles. The van der Waals surface area contributed by atoms with E-state index >= 15 is 0 Å². The highest BCUT2D eigenvalue weighted by molar-refractivity contribution is 5.83. The lowest BCUT2D eigenvalue weighted by atomic mass is 9.76. The fourth-order valence-corrected chi connectivity index (χ4v) is 3.69. The van der Waals surface area contributed by atoms with Crippen molar-refractivity contribution in [1.29, 1.82) is 0 Å². The van der Waals surface area contributed by atoms with E-state index in [4.69, 9.17) is 0 Å². The molecule has 25 heavy (non-hydrogen) atoms. The number of hydrogen-bond acceptors (Lipinski definition) is 3. The van der Waals surface area contributed by atoms with Gasteiger partial charge in [0.2, 0.25) is 5.91 Å². The Labute approximate surface area is 145 Å². The van der Waals surface area contributed by atoms with Gasteiger partial charge in [0.1, 0.15) is 6.54 Å². The summed E-state index contributed by atoms with van der Waals surface area (Å²) in [5.41, 5.74) is 0.320. The van der Waals surface area contributed by atoms with Gasteiger partial charge in [0.25, 0.3) is 0 Å². The molecule has 1 aromatic carbocycles. The second-order valence-electron chi connectivity index (χ2n) is 7.10. The Morgan fingerprint density at radius 3 is 2.44 bits per heavy atom. The van der Waals surface area contributed by atoms with Crippen molar-refractivity contribution in [3.05, 3.63) is 34.7 Å². The van der Waals surface area contributed by atoms with Crippen LogP contribution in [0, 0.1) is 11.3 Å². The van der Waals surface area contributed by atoms with Crippen LogP contribution in [0.3, 0.4) is 0 Å². The van der Waals surface area contributed by atoms with Crippen molar-refractivity contribution in [2.24, 2.45) is 18.4 Å². The molecule has 2 heterocycles. The number of fused-ring (bicyclic) bond motifs is 1. The quantitative estimate of drug-likeness (QED) is 0.905. The van der Waals surface area contributed by atoms with Crippen LogP contribution in [0.25, 0.3) is 11.0 Å². The van der Waals surface area contributed by atoms with Gasteiger partial charge in [-0.1, -0.05) is 26.0 Å². The number of benzene rings is 1. The van der Waals surface area contributed by atoms with Crippen molar-refractivity contribution in [1.82, 2.24) is 14.0 Å². The van der Waals surface area contributed by atoms with Crippen LogP contribution in [0.4, 0.5) is 0 Å². The van der Waals surface area contributed by atoms with E-state index in [9.17, 15) is 19.5 Å². The van der Waals surface area contributed by atoms with Gasteiger partial charge in [0, 0.05) is 20.1 Å². The highest BCUT2D eigenvalue weighted by atomic mass is 16.4. The maximum absolute atomic E-state index is 12.7. The number of carbonyl (C=O) groups is 2. The number of hydrogen-bond donors (Lipinski definition) is 1. The van der Waals surface area contributed by atoms with Crippen molar-refractivity contribution in [3.63, 3.8) is 0 Å². The molecule has 1 saturated heterocycles. The maximum atomic E-state index is 12.7. The van der Waals surface area contributed by atoms with Gasteiger partial charge < -0.3 is 10.0 Å². The van der Waals surface area contributed by atoms with E-state index in [0.717, 1.165) is 5.52 Å². The van der Waals surface area contributed by atoms with Crippen LogP contribution in [0.2, 0.25) is 0 Å². The second kappa shape index (κ2) is 6.06. The van der Waals surface area contributed by atoms with Crippen molar-refractivity contribution in [2.45, 2.75) is 26.8 Å². The van der Waals surface area contributed by atoms with E-state index in [1.165, 1.54) is 9.13 Å². The smallest absolute Gasteiger partial charge is 0.329 e. The molecule has 0 radical (unpaired) electrons. The molecule has 1 aromatic heterocycles. The molecule has 7 heteroatoms. The van der Waals surface area contributed by atoms with E-state index < -0.39 is 11.4 Å². The summed E-state index contributed by atoms with van der Waals surface area (Å²) in [6, 6.07) is 7.32. The van der Waals surface area contributed by atoms with E-state index in [0.29, 0.717) is 18.5 Å². The van der Waals surface area contributed by atoms with Crippen molar-refractivity contribution in [2.75, 3.05) is 13.1 Å². The molecular formula is C18H23N3O4. The van der Waals surface area contributed by atoms with Crippen molar-refractivity contribution < 1.29 is 14.7 Å². The summed E-state index contributed by atoms with van der Waals surface area (Å²) in [7, 11) is 1.68. The van der Waals surface area contributed by atoms with E-state index in [-0.39, 0.29) is 30.6 Å². The minimum Gasteiger partial charge on any atom is -0.481 e. The number of para-hydroxylation sites is 2. The van der Waals surface area contributed by atoms with Crippen LogP contribution in [0.5, 0.6) is 0 Å². The summed E-state index contributed by atoms with van der Waals surface area (Å²) in [5, 5.41) is 9.62. The fourth-order valence-electron chi connectivity index (χ4n) is 3.69. The molecule has 7 nitrogen and oxygen atoms in total. The predicted octanol–water partition coefficient (Wildman–Crippen LogP) is 1.30. The Morgan fingerprint density at radius 1 is 1.24 bits per heavy atom. The zero-order valence-corrected chi connectivity index (χ0v) is 14.7. The SMILES string of the molecule is CC(C)C1(C(=O)O)CCN(C(=O)Cn2c(=O)n(C)c3ccccc32)C1. The number of carboxylic acid groups (broad SMARTS) is 1. The maximum Gasteiger partial charge on any atom is 0.329 e. The Hall–Kier alpha value is -2.57. The topological polar surface area (TPSA) is 84.5 Å². The Morgan fingerprint density at radius 2 is 1.88 bits per heavy atom. The lowest BCUT2D eigenvalue weighted by molar-refractivity contribution is -0.151. The zero-order chi connectivity index (χ0) is 18.4. The third-order valence-electron chi connectivity index (χ3n) is 5.53. The van der Waals surface area contributed by atoms with Crippen LogP contribution in [-0.4, -0.2) is 44.1 Å². The first-order valence-corrected chi connectivity index (χ1v) is 8.43.